The molecule has 0 spiro atoms. The van der Waals surface area contributed by atoms with E-state index in [1.165, 1.54) is 0 Å². The number of rotatable bonds is 15. The van der Waals surface area contributed by atoms with Crippen LogP contribution >= 0.6 is 34.8 Å². The van der Waals surface area contributed by atoms with Crippen LogP contribution in [0, 0.1) is 283 Å². The highest BCUT2D eigenvalue weighted by Crippen LogP contribution is 2.58. The minimum absolute atomic E-state index is 0.142. The van der Waals surface area contributed by atoms with Gasteiger partial charge in [-0.2, -0.15) is 0 Å². The summed E-state index contributed by atoms with van der Waals surface area (Å²) in [6.07, 6.45) is 0. The molecule has 0 aliphatic rings. The molecule has 0 aliphatic carbocycles. The highest BCUT2D eigenvalue weighted by atomic mass is 35.5. The van der Waals surface area contributed by atoms with Crippen LogP contribution in [0.2, 0.25) is 15.1 Å². The van der Waals surface area contributed by atoms with Crippen molar-refractivity contribution in [3.63, 3.8) is 0 Å². The van der Waals surface area contributed by atoms with Gasteiger partial charge >= 0.3 is 7.32 Å². The van der Waals surface area contributed by atoms with Crippen molar-refractivity contribution < 1.29 is 212 Å². The Morgan fingerprint density at radius 1 is 0.162 bits per heavy atom. The van der Waals surface area contributed by atoms with Gasteiger partial charge in [0, 0.05) is 66.2 Å². The maximum Gasteiger partial charge on any atom is 0.926 e. The van der Waals surface area contributed by atoms with Gasteiger partial charge in [0.15, 0.2) is 209 Å². The average molecular weight is 2050 g/mol. The quantitative estimate of drug-likeness (QED) is 0.0445. The molecule has 3 heterocycles. The highest BCUT2D eigenvalue weighted by Gasteiger charge is 2.48. The Bertz CT molecular complexity index is 7060. The molecule has 0 N–H and O–H groups in total. The zero-order valence-corrected chi connectivity index (χ0v) is 65.8. The van der Waals surface area contributed by atoms with Gasteiger partial charge in [-0.15, -0.1) is 0 Å². The fraction of sp³-hybridized carbons (Fsp3) is 0.0370. The third-order valence-corrected chi connectivity index (χ3v) is 22.1. The molecular weight excluding hydrogens is 2030 g/mol. The van der Waals surface area contributed by atoms with Crippen molar-refractivity contribution in [2.75, 3.05) is 0 Å². The second-order valence-electron chi connectivity index (χ2n) is 27.9. The van der Waals surface area contributed by atoms with Gasteiger partial charge in [0.2, 0.25) is 52.4 Å². The second-order valence-corrected chi connectivity index (χ2v) is 29.0. The first-order valence-electron chi connectivity index (χ1n) is 35.1. The molecule has 0 atom stereocenters. The van der Waals surface area contributed by atoms with Crippen molar-refractivity contribution in [3.05, 3.63) is 312 Å². The Morgan fingerprint density at radius 3 is 0.404 bits per heavy atom. The van der Waals surface area contributed by atoms with Gasteiger partial charge in [-0.1, -0.05) is 34.8 Å². The molecule has 0 amide bonds. The van der Waals surface area contributed by atoms with Crippen molar-refractivity contribution in [1.29, 1.82) is 0 Å². The van der Waals surface area contributed by atoms with E-state index in [9.17, 15) is 0 Å². The van der Waals surface area contributed by atoms with Crippen LogP contribution in [-0.2, 0) is 0 Å². The monoisotopic (exact) mass is 2040 g/mol. The molecule has 0 bridgehead atoms. The predicted octanol–water partition coefficient (Wildman–Crippen LogP) is 28.4. The zero-order chi connectivity index (χ0) is 101. The summed E-state index contributed by atoms with van der Waals surface area (Å²) in [4.78, 5) is 0. The number of aromatic nitrogens is 3. The van der Waals surface area contributed by atoms with Crippen LogP contribution in [0.3, 0.4) is 0 Å². The largest absolute Gasteiger partial charge is 0.926 e. The Kier molecular flexibility index (Phi) is 23.9. The van der Waals surface area contributed by atoms with Crippen LogP contribution in [0.1, 0.15) is 17.1 Å². The molecule has 12 aromatic carbocycles. The molecule has 0 radical (unpaired) electrons. The number of benzene rings is 12. The smallest absolute Gasteiger partial charge is 0.396 e. The molecule has 6 nitrogen and oxygen atoms in total. The number of hydrogen-bond donors (Lipinski definition) is 0. The minimum Gasteiger partial charge on any atom is -0.396 e. The van der Waals surface area contributed by atoms with Gasteiger partial charge in [-0.05, 0) is 39.0 Å². The SMILES string of the molecule is Cc1c(-c2c(F)c(F)c(F)c(F)c2F)c2c(-c3c(F)c(F)c(F)c(F)c3F)c(Cl)c(-c3c(F)c(F)c(F)c(F)c3F)cc2n1OB(On1c(C)c(-c2c(F)c(F)c(F)c(F)c2F)c2c(-c3c(F)c(F)c(F)c(F)c3F)c(Cl)c(-c3c(F)c(F)c(F)c(F)c3F)cc21)On1c(C)c(-c2c(F)c(F)c(F)c(F)c2F)c2c(-c3c(F)c(F)c(F)c(F)c3F)c(Cl)c(-c3c(F)c(F)c(F)c(F)c3F)cc21. The third kappa shape index (κ3) is 13.4. The first-order valence-corrected chi connectivity index (χ1v) is 36.3. The number of halogens is 48. The molecule has 3 aromatic heterocycles. The van der Waals surface area contributed by atoms with Gasteiger partial charge in [0.05, 0.1) is 98.8 Å². The molecule has 0 aliphatic heterocycles. The Morgan fingerprint density at radius 2 is 0.272 bits per heavy atom. The van der Waals surface area contributed by atoms with Gasteiger partial charge in [0.1, 0.15) is 0 Å². The lowest BCUT2D eigenvalue weighted by atomic mass is 9.90. The summed E-state index contributed by atoms with van der Waals surface area (Å²) in [5.74, 6) is -152. The lowest BCUT2D eigenvalue weighted by Gasteiger charge is -2.22. The van der Waals surface area contributed by atoms with E-state index in [0.29, 0.717) is 0 Å². The van der Waals surface area contributed by atoms with Crippen LogP contribution in [0.25, 0.3) is 133 Å². The maximum absolute atomic E-state index is 17.2. The van der Waals surface area contributed by atoms with Crippen molar-refractivity contribution in [3.8, 4) is 100 Å². The van der Waals surface area contributed by atoms with E-state index in [-0.39, 0.29) is 20.8 Å². The minimum atomic E-state index is -4.81. The Balaban J connectivity index is 1.24. The van der Waals surface area contributed by atoms with Crippen LogP contribution in [0.4, 0.5) is 198 Å². The lowest BCUT2D eigenvalue weighted by molar-refractivity contribution is 0.0750. The summed E-state index contributed by atoms with van der Waals surface area (Å²) in [6.45, 7) is -0.425. The maximum atomic E-state index is 17.2. The summed E-state index contributed by atoms with van der Waals surface area (Å²) in [6, 6.07) is -1.82. The summed E-state index contributed by atoms with van der Waals surface area (Å²) in [5.41, 5.74) is -62.5. The van der Waals surface area contributed by atoms with Crippen molar-refractivity contribution in [2.24, 2.45) is 0 Å². The summed E-state index contributed by atoms with van der Waals surface area (Å²) in [5, 5.41) is -14.6. The molecule has 0 saturated heterocycles. The van der Waals surface area contributed by atoms with Gasteiger partial charge in [0.25, 0.3) is 0 Å². The topological polar surface area (TPSA) is 42.5 Å². The van der Waals surface area contributed by atoms with E-state index in [2.05, 4.69) is 0 Å². The van der Waals surface area contributed by atoms with E-state index < -0.39 is 466 Å². The van der Waals surface area contributed by atoms with Crippen LogP contribution in [0.15, 0.2) is 18.2 Å². The van der Waals surface area contributed by atoms with E-state index in [4.69, 9.17) is 49.1 Å². The van der Waals surface area contributed by atoms with Crippen molar-refractivity contribution >= 4 is 74.8 Å². The first kappa shape index (κ1) is 97.0. The molecule has 15 rings (SSSR count). The third-order valence-electron chi connectivity index (χ3n) is 20.9. The summed E-state index contributed by atoms with van der Waals surface area (Å²) in [7, 11) is -4.81. The zero-order valence-electron chi connectivity index (χ0n) is 63.5. The average Bonchev–Trinajstić information content (AvgIpc) is 1.55. The van der Waals surface area contributed by atoms with Gasteiger partial charge < -0.3 is 14.3 Å². The van der Waals surface area contributed by atoms with Crippen LogP contribution < -0.4 is 14.3 Å². The van der Waals surface area contributed by atoms with E-state index in [1.54, 1.807) is 0 Å². The molecule has 708 valence electrons. The van der Waals surface area contributed by atoms with Gasteiger partial charge in [-0.3, -0.25) is 0 Å². The van der Waals surface area contributed by atoms with Crippen molar-refractivity contribution in [1.82, 2.24) is 14.2 Å². The van der Waals surface area contributed by atoms with Crippen LogP contribution in [-0.4, -0.2) is 21.5 Å². The molecule has 15 aromatic rings. The fourth-order valence-electron chi connectivity index (χ4n) is 14.9. The number of hydrogen-bond acceptors (Lipinski definition) is 3. The normalized spacial score (nSPS) is 11.9. The molecular formula is C81H12BCl3F45N3O3. The summed E-state index contributed by atoms with van der Waals surface area (Å²) < 4.78 is 744. The summed E-state index contributed by atoms with van der Waals surface area (Å²) >= 11 is 19.5. The fourth-order valence-corrected chi connectivity index (χ4v) is 15.9. The van der Waals surface area contributed by atoms with Gasteiger partial charge in [-0.25, -0.2) is 212 Å². The standard InChI is InChI=1S/C81H12BCl3F45N3O3/c1-7-16(28-43(92)61(110)76(125)62(111)44(28)93)22-13(4-10(19-37(86)55(104)73(122)56(105)38(19)87)34(83)25(22)31-49(98)67(116)79(128)68(117)50(31)99)131(7)134-82(135-132-8(2)17(29-45(94)63(112)77(126)64(113)46(29)95)23-14(132)5-11(20-39(88)57(106)74(123)58(107)40(20)89)35(84)26(23)32-51(100)69(118)80(129)70(119)52(32)101)136-133-9(3)18(30-47(96)65(114)78(127)66(115)48(30)97)24-15(133)6-12(21-41(90)59(108)75(124)60(109)42(21)91)36(85)27(24)33-53(102)71(120)81(130)72(121)54(33)103/h4-6H,1-3H3. The van der Waals surface area contributed by atoms with Crippen LogP contribution in [0.5, 0.6) is 0 Å². The molecule has 0 fully saturated rings. The highest BCUT2D eigenvalue weighted by molar-refractivity contribution is 6.41. The van der Waals surface area contributed by atoms with E-state index in [0.717, 1.165) is 0 Å². The van der Waals surface area contributed by atoms with E-state index >= 15 is 198 Å². The predicted molar refractivity (Wildman–Crippen MR) is 378 cm³/mol. The van der Waals surface area contributed by atoms with E-state index in [1.807, 2.05) is 0 Å². The molecule has 55 heteroatoms. The first-order chi connectivity index (χ1) is 63.3. The Hall–Kier alpha value is -13.6. The Labute approximate surface area is 731 Å². The lowest BCUT2D eigenvalue weighted by Crippen LogP contribution is -2.49. The molecule has 0 saturated carbocycles. The number of fused-ring (bicyclic) bond motifs is 3. The molecule has 0 unspecified atom stereocenters. The second kappa shape index (κ2) is 33.5. The number of nitrogens with zero attached hydrogens (tertiary/aromatic N) is 3. The van der Waals surface area contributed by atoms with Crippen molar-refractivity contribution in [2.45, 2.75) is 20.8 Å². The molecule has 136 heavy (non-hydrogen) atoms.